The van der Waals surface area contributed by atoms with Crippen molar-refractivity contribution < 1.29 is 13.2 Å². The molecule has 0 saturated heterocycles. The molecular weight excluding hydrogens is 434 g/mol. The number of anilines is 1. The maximum atomic E-state index is 12.6. The van der Waals surface area contributed by atoms with Gasteiger partial charge in [-0.3, -0.25) is 4.79 Å². The predicted octanol–water partition coefficient (Wildman–Crippen LogP) is 4.90. The highest BCUT2D eigenvalue weighted by atomic mass is 32.2. The fraction of sp³-hybridized carbons (Fsp3) is 0.0769. The Labute approximate surface area is 193 Å². The number of sulfone groups is 1. The van der Waals surface area contributed by atoms with Crippen LogP contribution in [0.3, 0.4) is 0 Å². The average molecular weight is 458 g/mol. The van der Waals surface area contributed by atoms with Gasteiger partial charge in [-0.05, 0) is 42.8 Å². The molecule has 0 aliphatic carbocycles. The van der Waals surface area contributed by atoms with Crippen molar-refractivity contribution in [3.05, 3.63) is 102 Å². The first-order valence-electron chi connectivity index (χ1n) is 10.3. The Balaban J connectivity index is 1.64. The third-order valence-electron chi connectivity index (χ3n) is 5.12. The van der Waals surface area contributed by atoms with Gasteiger partial charge in [-0.15, -0.1) is 0 Å². The Morgan fingerprint density at radius 3 is 2.30 bits per heavy atom. The molecule has 0 fully saturated rings. The van der Waals surface area contributed by atoms with E-state index in [1.807, 2.05) is 73.8 Å². The largest absolute Gasteiger partial charge is 0.322 e. The minimum absolute atomic E-state index is 0.155. The molecular formula is C26H23N3O3S. The molecule has 1 N–H and O–H groups in total. The zero-order valence-corrected chi connectivity index (χ0v) is 19.1. The van der Waals surface area contributed by atoms with Gasteiger partial charge >= 0.3 is 0 Å². The average Bonchev–Trinajstić information content (AvgIpc) is 3.24. The predicted molar refractivity (Wildman–Crippen MR) is 131 cm³/mol. The van der Waals surface area contributed by atoms with E-state index in [0.717, 1.165) is 34.3 Å². The van der Waals surface area contributed by atoms with Gasteiger partial charge in [0.1, 0.15) is 0 Å². The normalized spacial score (nSPS) is 11.6. The Hall–Kier alpha value is -3.97. The molecule has 0 unspecified atom stereocenters. The van der Waals surface area contributed by atoms with Gasteiger partial charge in [-0.2, -0.15) is 5.10 Å². The summed E-state index contributed by atoms with van der Waals surface area (Å²) in [5, 5.41) is 7.51. The van der Waals surface area contributed by atoms with Crippen LogP contribution >= 0.6 is 0 Å². The number of amides is 1. The zero-order valence-electron chi connectivity index (χ0n) is 18.3. The quantitative estimate of drug-likeness (QED) is 0.418. The SMILES string of the molecule is Cc1ccc(S(C)(=O)=O)cc1NC(=O)/C=C/c1cn(-c2ccccc2)nc1-c1ccccc1. The summed E-state index contributed by atoms with van der Waals surface area (Å²) in [6.07, 6.45) is 6.14. The van der Waals surface area contributed by atoms with Crippen molar-refractivity contribution in [3.63, 3.8) is 0 Å². The van der Waals surface area contributed by atoms with Crippen LogP contribution in [0.5, 0.6) is 0 Å². The molecule has 33 heavy (non-hydrogen) atoms. The van der Waals surface area contributed by atoms with Gasteiger partial charge in [0.05, 0.1) is 16.3 Å². The molecule has 0 aliphatic rings. The van der Waals surface area contributed by atoms with E-state index < -0.39 is 9.84 Å². The first-order chi connectivity index (χ1) is 15.8. The van der Waals surface area contributed by atoms with Crippen LogP contribution in [0.25, 0.3) is 23.0 Å². The molecule has 0 saturated carbocycles. The minimum atomic E-state index is -3.37. The van der Waals surface area contributed by atoms with Crippen molar-refractivity contribution in [2.24, 2.45) is 0 Å². The van der Waals surface area contributed by atoms with Gasteiger partial charge in [-0.25, -0.2) is 13.1 Å². The number of hydrogen-bond acceptors (Lipinski definition) is 4. The van der Waals surface area contributed by atoms with Gasteiger partial charge in [0, 0.05) is 35.3 Å². The summed E-state index contributed by atoms with van der Waals surface area (Å²) in [5.74, 6) is -0.366. The van der Waals surface area contributed by atoms with E-state index in [9.17, 15) is 13.2 Å². The topological polar surface area (TPSA) is 81.1 Å². The van der Waals surface area contributed by atoms with Gasteiger partial charge in [-0.1, -0.05) is 54.6 Å². The highest BCUT2D eigenvalue weighted by Crippen LogP contribution is 2.25. The monoisotopic (exact) mass is 457 g/mol. The lowest BCUT2D eigenvalue weighted by Crippen LogP contribution is -2.10. The number of para-hydroxylation sites is 1. The van der Waals surface area contributed by atoms with E-state index >= 15 is 0 Å². The third-order valence-corrected chi connectivity index (χ3v) is 6.23. The van der Waals surface area contributed by atoms with E-state index in [-0.39, 0.29) is 10.8 Å². The van der Waals surface area contributed by atoms with Crippen molar-refractivity contribution in [2.75, 3.05) is 11.6 Å². The summed E-state index contributed by atoms with van der Waals surface area (Å²) in [5.41, 5.74) is 4.60. The molecule has 166 valence electrons. The second-order valence-electron chi connectivity index (χ2n) is 7.65. The molecule has 1 amide bonds. The van der Waals surface area contributed by atoms with Crippen molar-refractivity contribution >= 4 is 27.5 Å². The van der Waals surface area contributed by atoms with Gasteiger partial charge in [0.2, 0.25) is 5.91 Å². The molecule has 0 radical (unpaired) electrons. The van der Waals surface area contributed by atoms with Crippen LogP contribution < -0.4 is 5.32 Å². The molecule has 0 atom stereocenters. The maximum absolute atomic E-state index is 12.6. The van der Waals surface area contributed by atoms with E-state index in [1.165, 1.54) is 18.2 Å². The van der Waals surface area contributed by atoms with E-state index in [0.29, 0.717) is 5.69 Å². The number of benzene rings is 3. The molecule has 3 aromatic carbocycles. The Morgan fingerprint density at radius 1 is 0.970 bits per heavy atom. The van der Waals surface area contributed by atoms with Crippen molar-refractivity contribution in [2.45, 2.75) is 11.8 Å². The van der Waals surface area contributed by atoms with E-state index in [1.54, 1.807) is 16.8 Å². The summed E-state index contributed by atoms with van der Waals surface area (Å²) in [7, 11) is -3.37. The first kappa shape index (κ1) is 22.2. The molecule has 6 nitrogen and oxygen atoms in total. The molecule has 0 aliphatic heterocycles. The smallest absolute Gasteiger partial charge is 0.248 e. The summed E-state index contributed by atoms with van der Waals surface area (Å²) < 4.78 is 25.5. The highest BCUT2D eigenvalue weighted by Gasteiger charge is 2.12. The lowest BCUT2D eigenvalue weighted by molar-refractivity contribution is -0.111. The number of aromatic nitrogens is 2. The third kappa shape index (κ3) is 5.27. The van der Waals surface area contributed by atoms with Crippen LogP contribution in [-0.4, -0.2) is 30.4 Å². The van der Waals surface area contributed by atoms with Gasteiger partial charge < -0.3 is 5.32 Å². The van der Waals surface area contributed by atoms with Crippen LogP contribution in [0.1, 0.15) is 11.1 Å². The van der Waals surface area contributed by atoms with Crippen LogP contribution in [0, 0.1) is 6.92 Å². The number of carbonyl (C=O) groups excluding carboxylic acids is 1. The molecule has 4 rings (SSSR count). The van der Waals surface area contributed by atoms with Crippen LogP contribution in [-0.2, 0) is 14.6 Å². The zero-order chi connectivity index (χ0) is 23.4. The molecule has 7 heteroatoms. The summed E-state index contributed by atoms with van der Waals surface area (Å²) in [6, 6.07) is 24.2. The van der Waals surface area contributed by atoms with Crippen LogP contribution in [0.15, 0.2) is 96.0 Å². The van der Waals surface area contributed by atoms with Crippen LogP contribution in [0.2, 0.25) is 0 Å². The number of aryl methyl sites for hydroxylation is 1. The fourth-order valence-electron chi connectivity index (χ4n) is 3.35. The van der Waals surface area contributed by atoms with Crippen LogP contribution in [0.4, 0.5) is 5.69 Å². The summed E-state index contributed by atoms with van der Waals surface area (Å²) in [4.78, 5) is 12.8. The van der Waals surface area contributed by atoms with Gasteiger partial charge in [0.15, 0.2) is 9.84 Å². The van der Waals surface area contributed by atoms with Gasteiger partial charge in [0.25, 0.3) is 0 Å². The molecule has 0 spiro atoms. The maximum Gasteiger partial charge on any atom is 0.248 e. The molecule has 4 aromatic rings. The second kappa shape index (κ2) is 9.26. The second-order valence-corrected chi connectivity index (χ2v) is 9.67. The molecule has 1 aromatic heterocycles. The lowest BCUT2D eigenvalue weighted by Gasteiger charge is -2.08. The first-order valence-corrected chi connectivity index (χ1v) is 12.2. The Kier molecular flexibility index (Phi) is 6.24. The van der Waals surface area contributed by atoms with Crippen molar-refractivity contribution in [3.8, 4) is 16.9 Å². The lowest BCUT2D eigenvalue weighted by atomic mass is 10.1. The highest BCUT2D eigenvalue weighted by molar-refractivity contribution is 7.90. The molecule has 1 heterocycles. The Morgan fingerprint density at radius 2 is 1.64 bits per heavy atom. The van der Waals surface area contributed by atoms with E-state index in [4.69, 9.17) is 5.10 Å². The number of nitrogens with one attached hydrogen (secondary N) is 1. The molecule has 0 bridgehead atoms. The number of carbonyl (C=O) groups is 1. The summed E-state index contributed by atoms with van der Waals surface area (Å²) in [6.45, 7) is 1.81. The Bertz CT molecular complexity index is 1420. The fourth-order valence-corrected chi connectivity index (χ4v) is 4.00. The number of rotatable bonds is 6. The van der Waals surface area contributed by atoms with Crippen molar-refractivity contribution in [1.82, 2.24) is 9.78 Å². The van der Waals surface area contributed by atoms with E-state index in [2.05, 4.69) is 5.32 Å². The summed E-state index contributed by atoms with van der Waals surface area (Å²) >= 11 is 0. The standard InChI is InChI=1S/C26H23N3O3S/c1-19-13-15-23(33(2,31)32)17-24(19)27-25(30)16-14-21-18-29(22-11-7-4-8-12-22)28-26(21)20-9-5-3-6-10-20/h3-18H,1-2H3,(H,27,30)/b16-14+. The number of hydrogen-bond donors (Lipinski definition) is 1. The van der Waals surface area contributed by atoms with Crippen molar-refractivity contribution in [1.29, 1.82) is 0 Å². The minimum Gasteiger partial charge on any atom is -0.322 e. The number of nitrogens with zero attached hydrogens (tertiary/aromatic N) is 2.